The summed E-state index contributed by atoms with van der Waals surface area (Å²) in [7, 11) is -2.42. The molecule has 0 saturated heterocycles. The van der Waals surface area contributed by atoms with Crippen LogP contribution < -0.4 is 19.7 Å². The van der Waals surface area contributed by atoms with Crippen LogP contribution in [0.15, 0.2) is 72.8 Å². The van der Waals surface area contributed by atoms with Crippen molar-refractivity contribution in [2.45, 2.75) is 19.4 Å². The molecule has 0 aliphatic heterocycles. The lowest BCUT2D eigenvalue weighted by Gasteiger charge is -2.28. The number of nitrogens with one attached hydrogen (secondary N) is 2. The van der Waals surface area contributed by atoms with E-state index in [0.717, 1.165) is 16.1 Å². The molecule has 8 nitrogen and oxygen atoms in total. The van der Waals surface area contributed by atoms with E-state index in [1.165, 1.54) is 32.2 Å². The largest absolute Gasteiger partial charge is 0.495 e. The van der Waals surface area contributed by atoms with Crippen LogP contribution in [0, 0.1) is 0 Å². The molecule has 0 aliphatic carbocycles. The summed E-state index contributed by atoms with van der Waals surface area (Å²) in [6.07, 6.45) is 1.66. The highest BCUT2D eigenvalue weighted by Crippen LogP contribution is 2.31. The molecule has 3 aromatic rings. The Balaban J connectivity index is 1.76. The third-order valence-corrected chi connectivity index (χ3v) is 6.99. The number of nitrogens with zero attached hydrogens (tertiary/aromatic N) is 1. The minimum absolute atomic E-state index is 0.203. The molecule has 0 radical (unpaired) electrons. The lowest BCUT2D eigenvalue weighted by atomic mass is 10.1. The Hall–Kier alpha value is -3.56. The highest BCUT2D eigenvalue weighted by Gasteiger charge is 2.30. The minimum atomic E-state index is -3.86. The van der Waals surface area contributed by atoms with Crippen LogP contribution in [0.5, 0.6) is 5.75 Å². The van der Waals surface area contributed by atoms with E-state index in [-0.39, 0.29) is 27.9 Å². The van der Waals surface area contributed by atoms with Gasteiger partial charge in [-0.05, 0) is 49.2 Å². The highest BCUT2D eigenvalue weighted by molar-refractivity contribution is 7.92. The summed E-state index contributed by atoms with van der Waals surface area (Å²) in [6.45, 7) is 1.87. The smallest absolute Gasteiger partial charge is 0.253 e. The molecule has 10 heteroatoms. The van der Waals surface area contributed by atoms with Gasteiger partial charge in [-0.25, -0.2) is 8.42 Å². The van der Waals surface area contributed by atoms with E-state index in [4.69, 9.17) is 16.3 Å². The van der Waals surface area contributed by atoms with E-state index in [2.05, 4.69) is 10.6 Å². The molecule has 3 rings (SSSR count). The SMILES string of the molecule is COc1ccc(N([C@H](C)C(=O)Nc2ccccc2C(=O)NCCc2ccccc2)S(C)(=O)=O)cc1Cl. The van der Waals surface area contributed by atoms with Gasteiger partial charge in [0.05, 0.1) is 35.3 Å². The highest BCUT2D eigenvalue weighted by atomic mass is 35.5. The molecule has 2 N–H and O–H groups in total. The van der Waals surface area contributed by atoms with E-state index in [0.29, 0.717) is 18.7 Å². The third-order valence-electron chi connectivity index (χ3n) is 5.45. The molecule has 0 heterocycles. The van der Waals surface area contributed by atoms with Crippen molar-refractivity contribution in [3.05, 3.63) is 88.9 Å². The number of sulfonamides is 1. The zero-order valence-corrected chi connectivity index (χ0v) is 21.8. The number of para-hydroxylation sites is 1. The second-order valence-corrected chi connectivity index (χ2v) is 10.3. The maximum atomic E-state index is 13.1. The molecule has 0 aliphatic rings. The van der Waals surface area contributed by atoms with Gasteiger partial charge in [-0.3, -0.25) is 13.9 Å². The van der Waals surface area contributed by atoms with Gasteiger partial charge in [-0.15, -0.1) is 0 Å². The summed E-state index contributed by atoms with van der Waals surface area (Å²) in [5, 5.41) is 5.75. The Morgan fingerprint density at radius 2 is 1.69 bits per heavy atom. The maximum Gasteiger partial charge on any atom is 0.253 e. The summed E-state index contributed by atoms with van der Waals surface area (Å²) >= 11 is 6.18. The number of halogens is 1. The summed E-state index contributed by atoms with van der Waals surface area (Å²) in [6, 6.07) is 19.6. The van der Waals surface area contributed by atoms with Gasteiger partial charge in [0.2, 0.25) is 15.9 Å². The molecular formula is C26H28ClN3O5S. The van der Waals surface area contributed by atoms with Crippen LogP contribution in [0.4, 0.5) is 11.4 Å². The number of carbonyl (C=O) groups excluding carboxylic acids is 2. The number of hydrogen-bond donors (Lipinski definition) is 2. The van der Waals surface area contributed by atoms with Gasteiger partial charge in [-0.2, -0.15) is 0 Å². The second-order valence-electron chi connectivity index (χ2n) is 8.08. The van der Waals surface area contributed by atoms with Gasteiger partial charge >= 0.3 is 0 Å². The van der Waals surface area contributed by atoms with Crippen molar-refractivity contribution in [2.75, 3.05) is 29.5 Å². The standard InChI is InChI=1S/C26H28ClN3O5S/c1-18(30(36(3,33)34)20-13-14-24(35-2)22(27)17-20)25(31)29-23-12-8-7-11-21(23)26(32)28-16-15-19-9-5-4-6-10-19/h4-14,17-18H,15-16H2,1-3H3,(H,28,32)(H,29,31)/t18-/m1/s1. The fraction of sp³-hybridized carbons (Fsp3) is 0.231. The van der Waals surface area contributed by atoms with Gasteiger partial charge < -0.3 is 15.4 Å². The number of rotatable bonds is 10. The second kappa shape index (κ2) is 11.9. The van der Waals surface area contributed by atoms with Gasteiger partial charge in [0.25, 0.3) is 5.91 Å². The molecule has 0 bridgehead atoms. The molecule has 0 spiro atoms. The van der Waals surface area contributed by atoms with Crippen molar-refractivity contribution in [2.24, 2.45) is 0 Å². The van der Waals surface area contributed by atoms with Crippen LogP contribution in [-0.2, 0) is 21.2 Å². The normalized spacial score (nSPS) is 11.9. The van der Waals surface area contributed by atoms with Crippen LogP contribution in [0.3, 0.4) is 0 Å². The summed E-state index contributed by atoms with van der Waals surface area (Å²) in [4.78, 5) is 26.0. The molecule has 190 valence electrons. The third kappa shape index (κ3) is 6.77. The zero-order chi connectivity index (χ0) is 26.3. The molecule has 0 unspecified atom stereocenters. The van der Waals surface area contributed by atoms with Crippen LogP contribution in [-0.4, -0.2) is 46.2 Å². The first-order valence-corrected chi connectivity index (χ1v) is 13.4. The lowest BCUT2D eigenvalue weighted by molar-refractivity contribution is -0.116. The van der Waals surface area contributed by atoms with Crippen LogP contribution in [0.2, 0.25) is 5.02 Å². The van der Waals surface area contributed by atoms with Gasteiger partial charge in [-0.1, -0.05) is 54.1 Å². The van der Waals surface area contributed by atoms with E-state index in [1.807, 2.05) is 30.3 Å². The lowest BCUT2D eigenvalue weighted by Crippen LogP contribution is -2.45. The predicted molar refractivity (Wildman–Crippen MR) is 142 cm³/mol. The minimum Gasteiger partial charge on any atom is -0.495 e. The number of amides is 2. The van der Waals surface area contributed by atoms with Crippen molar-refractivity contribution in [3.8, 4) is 5.75 Å². The molecule has 0 saturated carbocycles. The molecule has 36 heavy (non-hydrogen) atoms. The van der Waals surface area contributed by atoms with Crippen molar-refractivity contribution in [1.29, 1.82) is 0 Å². The molecule has 3 aromatic carbocycles. The number of carbonyl (C=O) groups is 2. The number of methoxy groups -OCH3 is 1. The Kier molecular flexibility index (Phi) is 8.95. The van der Waals surface area contributed by atoms with E-state index < -0.39 is 22.0 Å². The Bertz CT molecular complexity index is 1330. The fourth-order valence-corrected chi connectivity index (χ4v) is 5.11. The molecule has 1 atom stereocenters. The van der Waals surface area contributed by atoms with Crippen molar-refractivity contribution in [3.63, 3.8) is 0 Å². The first-order valence-electron chi connectivity index (χ1n) is 11.2. The first-order chi connectivity index (χ1) is 17.1. The molecule has 0 aromatic heterocycles. The predicted octanol–water partition coefficient (Wildman–Crippen LogP) is 4.11. The zero-order valence-electron chi connectivity index (χ0n) is 20.2. The Labute approximate surface area is 216 Å². The van der Waals surface area contributed by atoms with E-state index in [9.17, 15) is 18.0 Å². The van der Waals surface area contributed by atoms with Crippen LogP contribution >= 0.6 is 11.6 Å². The van der Waals surface area contributed by atoms with E-state index >= 15 is 0 Å². The summed E-state index contributed by atoms with van der Waals surface area (Å²) in [5.74, 6) is -0.591. The maximum absolute atomic E-state index is 13.1. The van der Waals surface area contributed by atoms with E-state index in [1.54, 1.807) is 24.3 Å². The molecule has 2 amide bonds. The number of benzene rings is 3. The summed E-state index contributed by atoms with van der Waals surface area (Å²) < 4.78 is 31.3. The van der Waals surface area contributed by atoms with Crippen molar-refractivity contribution in [1.82, 2.24) is 5.32 Å². The molecule has 0 fully saturated rings. The average molecular weight is 530 g/mol. The van der Waals surface area contributed by atoms with Gasteiger partial charge in [0, 0.05) is 6.54 Å². The van der Waals surface area contributed by atoms with Gasteiger partial charge in [0.15, 0.2) is 0 Å². The fourth-order valence-electron chi connectivity index (χ4n) is 3.69. The van der Waals surface area contributed by atoms with Crippen LogP contribution in [0.1, 0.15) is 22.8 Å². The topological polar surface area (TPSA) is 105 Å². The Morgan fingerprint density at radius 1 is 1.03 bits per heavy atom. The van der Waals surface area contributed by atoms with Gasteiger partial charge in [0.1, 0.15) is 11.8 Å². The van der Waals surface area contributed by atoms with Crippen molar-refractivity contribution >= 4 is 44.8 Å². The summed E-state index contributed by atoms with van der Waals surface area (Å²) in [5.41, 5.74) is 1.84. The van der Waals surface area contributed by atoms with Crippen molar-refractivity contribution < 1.29 is 22.7 Å². The Morgan fingerprint density at radius 3 is 2.33 bits per heavy atom. The monoisotopic (exact) mass is 529 g/mol. The number of hydrogen-bond acceptors (Lipinski definition) is 5. The number of anilines is 2. The first kappa shape index (κ1) is 27.0. The number of ether oxygens (including phenoxy) is 1. The average Bonchev–Trinajstić information content (AvgIpc) is 2.84. The quantitative estimate of drug-likeness (QED) is 0.411. The molecular weight excluding hydrogens is 502 g/mol. The van der Waals surface area contributed by atoms with Crippen LogP contribution in [0.25, 0.3) is 0 Å².